The number of hydrogen-bond donors (Lipinski definition) is 1. The van der Waals surface area contributed by atoms with E-state index < -0.39 is 10.0 Å². The summed E-state index contributed by atoms with van der Waals surface area (Å²) in [6, 6.07) is 12.8. The van der Waals surface area contributed by atoms with Crippen molar-refractivity contribution in [2.45, 2.75) is 50.7 Å². The second-order valence-corrected chi connectivity index (χ2v) is 9.76. The molecule has 1 aliphatic rings. The topological polar surface area (TPSA) is 92.8 Å². The summed E-state index contributed by atoms with van der Waals surface area (Å²) in [6.07, 6.45) is 2.94. The van der Waals surface area contributed by atoms with E-state index in [9.17, 15) is 18.0 Å². The van der Waals surface area contributed by atoms with Gasteiger partial charge in [-0.15, -0.1) is 0 Å². The highest BCUT2D eigenvalue weighted by Crippen LogP contribution is 2.17. The van der Waals surface area contributed by atoms with E-state index in [1.165, 1.54) is 31.2 Å². The second-order valence-electron chi connectivity index (χ2n) is 7.99. The van der Waals surface area contributed by atoms with Crippen molar-refractivity contribution in [2.75, 3.05) is 19.7 Å². The van der Waals surface area contributed by atoms with E-state index in [1.807, 2.05) is 4.90 Å². The van der Waals surface area contributed by atoms with Crippen molar-refractivity contribution in [1.29, 1.82) is 0 Å². The highest BCUT2D eigenvalue weighted by atomic mass is 32.2. The predicted molar refractivity (Wildman–Crippen MR) is 122 cm³/mol. The number of piperidine rings is 1. The molecule has 32 heavy (non-hydrogen) atoms. The van der Waals surface area contributed by atoms with Gasteiger partial charge in [0.2, 0.25) is 10.0 Å². The van der Waals surface area contributed by atoms with Gasteiger partial charge in [0.05, 0.1) is 11.0 Å². The molecule has 0 aliphatic carbocycles. The molecule has 1 fully saturated rings. The van der Waals surface area contributed by atoms with Gasteiger partial charge in [0.1, 0.15) is 0 Å². The third-order valence-corrected chi connectivity index (χ3v) is 6.88. The number of amides is 1. The zero-order chi connectivity index (χ0) is 23.1. The zero-order valence-electron chi connectivity index (χ0n) is 18.5. The Morgan fingerprint density at radius 1 is 1.06 bits per heavy atom. The standard InChI is InChI=1S/C24H30N2O5S/c1-3-15-31-22-5-4-14-26(17-22)24(28)21-8-6-19(7-9-21)16-25-32(29,30)23-12-10-20(11-13-23)18(2)27/h6-13,22,25H,3-5,14-17H2,1-2H3. The Labute approximate surface area is 189 Å². The van der Waals surface area contributed by atoms with Crippen molar-refractivity contribution in [3.05, 3.63) is 65.2 Å². The minimum absolute atomic E-state index is 0.0347. The van der Waals surface area contributed by atoms with E-state index in [0.717, 1.165) is 31.4 Å². The van der Waals surface area contributed by atoms with Crippen LogP contribution >= 0.6 is 0 Å². The van der Waals surface area contributed by atoms with Crippen molar-refractivity contribution in [3.8, 4) is 0 Å². The molecule has 1 N–H and O–H groups in total. The number of Topliss-reactive ketones (excluding diaryl/α,β-unsaturated/α-hetero) is 1. The summed E-state index contributed by atoms with van der Waals surface area (Å²) in [5.41, 5.74) is 1.78. The third-order valence-electron chi connectivity index (χ3n) is 5.46. The molecule has 1 atom stereocenters. The number of carbonyl (C=O) groups excluding carboxylic acids is 2. The lowest BCUT2D eigenvalue weighted by molar-refractivity contribution is 0.00211. The van der Waals surface area contributed by atoms with E-state index in [-0.39, 0.29) is 29.2 Å². The average Bonchev–Trinajstić information content (AvgIpc) is 2.81. The molecule has 0 spiro atoms. The second kappa shape index (κ2) is 10.8. The summed E-state index contributed by atoms with van der Waals surface area (Å²) in [5.74, 6) is -0.155. The number of carbonyl (C=O) groups is 2. The van der Waals surface area contributed by atoms with Gasteiger partial charge in [0.15, 0.2) is 5.78 Å². The summed E-state index contributed by atoms with van der Waals surface area (Å²) in [4.78, 5) is 26.1. The molecule has 8 heteroatoms. The van der Waals surface area contributed by atoms with Crippen molar-refractivity contribution in [3.63, 3.8) is 0 Å². The number of hydrogen-bond acceptors (Lipinski definition) is 5. The fourth-order valence-electron chi connectivity index (χ4n) is 3.62. The number of sulfonamides is 1. The first kappa shape index (κ1) is 24.1. The van der Waals surface area contributed by atoms with Crippen molar-refractivity contribution in [2.24, 2.45) is 0 Å². The van der Waals surface area contributed by atoms with Crippen molar-refractivity contribution < 1.29 is 22.7 Å². The molecule has 7 nitrogen and oxygen atoms in total. The largest absolute Gasteiger partial charge is 0.376 e. The quantitative estimate of drug-likeness (QED) is 0.582. The van der Waals surface area contributed by atoms with Crippen LogP contribution in [0, 0.1) is 0 Å². The first-order valence-corrected chi connectivity index (χ1v) is 12.4. The monoisotopic (exact) mass is 458 g/mol. The van der Waals surface area contributed by atoms with Crippen LogP contribution in [0.15, 0.2) is 53.4 Å². The van der Waals surface area contributed by atoms with Crippen LogP contribution < -0.4 is 4.72 Å². The van der Waals surface area contributed by atoms with Gasteiger partial charge in [-0.3, -0.25) is 9.59 Å². The summed E-state index contributed by atoms with van der Waals surface area (Å²) in [5, 5.41) is 0. The van der Waals surface area contributed by atoms with Crippen molar-refractivity contribution >= 4 is 21.7 Å². The number of likely N-dealkylation sites (tertiary alicyclic amines) is 1. The number of nitrogens with zero attached hydrogens (tertiary/aromatic N) is 1. The molecule has 2 aromatic rings. The molecule has 172 valence electrons. The molecule has 1 aliphatic heterocycles. The normalized spacial score (nSPS) is 16.7. The Morgan fingerprint density at radius 2 is 1.72 bits per heavy atom. The Hall–Kier alpha value is -2.55. The highest BCUT2D eigenvalue weighted by molar-refractivity contribution is 7.89. The van der Waals surface area contributed by atoms with Gasteiger partial charge < -0.3 is 9.64 Å². The van der Waals surface area contributed by atoms with Crippen LogP contribution in [0.25, 0.3) is 0 Å². The lowest BCUT2D eigenvalue weighted by atomic mass is 10.1. The highest BCUT2D eigenvalue weighted by Gasteiger charge is 2.25. The van der Waals surface area contributed by atoms with Gasteiger partial charge in [-0.1, -0.05) is 31.2 Å². The van der Waals surface area contributed by atoms with Gasteiger partial charge in [-0.2, -0.15) is 0 Å². The zero-order valence-corrected chi connectivity index (χ0v) is 19.4. The Bertz CT molecular complexity index is 1030. The summed E-state index contributed by atoms with van der Waals surface area (Å²) >= 11 is 0. The van der Waals surface area contributed by atoms with Crippen LogP contribution in [0.5, 0.6) is 0 Å². The molecule has 2 aromatic carbocycles. The predicted octanol–water partition coefficient (Wildman–Crippen LogP) is 3.40. The summed E-state index contributed by atoms with van der Waals surface area (Å²) < 4.78 is 33.4. The lowest BCUT2D eigenvalue weighted by Gasteiger charge is -2.32. The van der Waals surface area contributed by atoms with E-state index in [4.69, 9.17) is 4.74 Å². The maximum atomic E-state index is 12.8. The molecule has 0 saturated carbocycles. The molecule has 0 aromatic heterocycles. The molecule has 1 heterocycles. The van der Waals surface area contributed by atoms with Crippen LogP contribution in [-0.2, 0) is 21.3 Å². The first-order chi connectivity index (χ1) is 15.3. The van der Waals surface area contributed by atoms with Gasteiger partial charge >= 0.3 is 0 Å². The molecule has 3 rings (SSSR count). The van der Waals surface area contributed by atoms with Crippen LogP contribution in [0.1, 0.15) is 59.4 Å². The van der Waals surface area contributed by atoms with E-state index in [2.05, 4.69) is 11.6 Å². The fourth-order valence-corrected chi connectivity index (χ4v) is 4.64. The summed E-state index contributed by atoms with van der Waals surface area (Å²) in [6.45, 7) is 5.62. The maximum Gasteiger partial charge on any atom is 0.253 e. The Kier molecular flexibility index (Phi) is 8.17. The number of benzene rings is 2. The average molecular weight is 459 g/mol. The molecule has 1 unspecified atom stereocenters. The molecular formula is C24H30N2O5S. The van der Waals surface area contributed by atoms with Crippen LogP contribution in [0.3, 0.4) is 0 Å². The Morgan fingerprint density at radius 3 is 2.34 bits per heavy atom. The van der Waals surface area contributed by atoms with Gasteiger partial charge in [-0.05, 0) is 56.0 Å². The molecule has 1 amide bonds. The minimum Gasteiger partial charge on any atom is -0.376 e. The Balaban J connectivity index is 1.58. The molecular weight excluding hydrogens is 428 g/mol. The number of rotatable bonds is 9. The van der Waals surface area contributed by atoms with Crippen LogP contribution in [-0.4, -0.2) is 50.8 Å². The minimum atomic E-state index is -3.71. The molecule has 1 saturated heterocycles. The van der Waals surface area contributed by atoms with Gasteiger partial charge in [0, 0.05) is 37.4 Å². The number of ketones is 1. The number of ether oxygens (including phenoxy) is 1. The van der Waals surface area contributed by atoms with Crippen molar-refractivity contribution in [1.82, 2.24) is 9.62 Å². The summed E-state index contributed by atoms with van der Waals surface area (Å²) in [7, 11) is -3.71. The lowest BCUT2D eigenvalue weighted by Crippen LogP contribution is -2.43. The van der Waals surface area contributed by atoms with E-state index >= 15 is 0 Å². The van der Waals surface area contributed by atoms with E-state index in [0.29, 0.717) is 24.3 Å². The third kappa shape index (κ3) is 6.25. The fraction of sp³-hybridized carbons (Fsp3) is 0.417. The number of nitrogens with one attached hydrogen (secondary N) is 1. The van der Waals surface area contributed by atoms with Crippen LogP contribution in [0.2, 0.25) is 0 Å². The first-order valence-electron chi connectivity index (χ1n) is 10.9. The smallest absolute Gasteiger partial charge is 0.253 e. The SMILES string of the molecule is CCCOC1CCCN(C(=O)c2ccc(CNS(=O)(=O)c3ccc(C(C)=O)cc3)cc2)C1. The van der Waals surface area contributed by atoms with Gasteiger partial charge in [0.25, 0.3) is 5.91 Å². The van der Waals surface area contributed by atoms with Crippen LogP contribution in [0.4, 0.5) is 0 Å². The maximum absolute atomic E-state index is 12.8. The van der Waals surface area contributed by atoms with E-state index in [1.54, 1.807) is 24.3 Å². The molecule has 0 bridgehead atoms. The molecule has 0 radical (unpaired) electrons. The van der Waals surface area contributed by atoms with Gasteiger partial charge in [-0.25, -0.2) is 13.1 Å².